The molecule has 0 saturated heterocycles. The Morgan fingerprint density at radius 2 is 2.05 bits per heavy atom. The topological polar surface area (TPSA) is 44.1 Å². The molecular formula is C14H14BrFN2O. The molecular weight excluding hydrogens is 311 g/mol. The lowest BCUT2D eigenvalue weighted by Gasteiger charge is -2.32. The average Bonchev–Trinajstić information content (AvgIpc) is 2.42. The molecule has 0 atom stereocenters. The van der Waals surface area contributed by atoms with Gasteiger partial charge in [-0.3, -0.25) is 4.79 Å². The van der Waals surface area contributed by atoms with Crippen LogP contribution in [0.1, 0.15) is 31.2 Å². The second-order valence-electron chi connectivity index (χ2n) is 4.75. The molecule has 0 amide bonds. The number of Topliss-reactive ketones (excluding diaryl/α,β-unsaturated/α-hetero) is 1. The van der Waals surface area contributed by atoms with Crippen LogP contribution in [0.4, 0.5) is 10.1 Å². The first kappa shape index (κ1) is 14.0. The van der Waals surface area contributed by atoms with Gasteiger partial charge in [0.15, 0.2) is 5.82 Å². The highest BCUT2D eigenvalue weighted by molar-refractivity contribution is 9.10. The Balaban J connectivity index is 2.25. The molecule has 2 rings (SSSR count). The van der Waals surface area contributed by atoms with Gasteiger partial charge < -0.3 is 4.90 Å². The van der Waals surface area contributed by atoms with Gasteiger partial charge in [0.05, 0.1) is 15.7 Å². The van der Waals surface area contributed by atoms with Crippen molar-refractivity contribution >= 4 is 27.4 Å². The number of benzene rings is 1. The van der Waals surface area contributed by atoms with Crippen molar-refractivity contribution in [3.63, 3.8) is 0 Å². The average molecular weight is 325 g/mol. The Bertz CT molecular complexity index is 543. The maximum Gasteiger partial charge on any atom is 0.161 e. The van der Waals surface area contributed by atoms with Crippen LogP contribution in [0.5, 0.6) is 0 Å². The highest BCUT2D eigenvalue weighted by Crippen LogP contribution is 2.32. The summed E-state index contributed by atoms with van der Waals surface area (Å²) in [6.07, 6.45) is 2.64. The fourth-order valence-electron chi connectivity index (χ4n) is 2.41. The van der Waals surface area contributed by atoms with E-state index in [0.29, 0.717) is 18.5 Å². The van der Waals surface area contributed by atoms with Crippen LogP contribution in [-0.4, -0.2) is 18.9 Å². The minimum atomic E-state index is -0.418. The fraction of sp³-hybridized carbons (Fsp3) is 0.429. The number of ketones is 1. The molecule has 19 heavy (non-hydrogen) atoms. The number of nitrogens with zero attached hydrogens (tertiary/aromatic N) is 2. The molecule has 5 heteroatoms. The van der Waals surface area contributed by atoms with Crippen LogP contribution in [0.25, 0.3) is 0 Å². The molecule has 1 fully saturated rings. The van der Waals surface area contributed by atoms with Gasteiger partial charge in [-0.25, -0.2) is 4.39 Å². The smallest absolute Gasteiger partial charge is 0.161 e. The maximum absolute atomic E-state index is 14.2. The quantitative estimate of drug-likeness (QED) is 0.837. The molecule has 0 spiro atoms. The van der Waals surface area contributed by atoms with Crippen LogP contribution < -0.4 is 4.90 Å². The van der Waals surface area contributed by atoms with Crippen molar-refractivity contribution in [1.82, 2.24) is 0 Å². The zero-order valence-corrected chi connectivity index (χ0v) is 12.2. The van der Waals surface area contributed by atoms with Crippen molar-refractivity contribution in [2.24, 2.45) is 0 Å². The minimum Gasteiger partial charge on any atom is -0.369 e. The van der Waals surface area contributed by atoms with Crippen molar-refractivity contribution in [2.75, 3.05) is 11.9 Å². The van der Waals surface area contributed by atoms with Crippen LogP contribution in [0.15, 0.2) is 16.6 Å². The van der Waals surface area contributed by atoms with Crippen molar-refractivity contribution in [2.45, 2.75) is 31.7 Å². The molecule has 1 saturated carbocycles. The van der Waals surface area contributed by atoms with Crippen molar-refractivity contribution in [3.05, 3.63) is 28.0 Å². The highest BCUT2D eigenvalue weighted by Gasteiger charge is 2.25. The molecule has 3 nitrogen and oxygen atoms in total. The van der Waals surface area contributed by atoms with E-state index in [9.17, 15) is 9.18 Å². The normalized spacial score (nSPS) is 16.2. The Kier molecular flexibility index (Phi) is 4.20. The molecule has 0 radical (unpaired) electrons. The molecule has 1 aromatic carbocycles. The summed E-state index contributed by atoms with van der Waals surface area (Å²) < 4.78 is 14.4. The molecule has 100 valence electrons. The Hall–Kier alpha value is -1.41. The predicted octanol–water partition coefficient (Wildman–Crippen LogP) is 3.41. The van der Waals surface area contributed by atoms with E-state index in [4.69, 9.17) is 5.26 Å². The molecule has 0 aliphatic heterocycles. The van der Waals surface area contributed by atoms with Crippen LogP contribution in [0.2, 0.25) is 0 Å². The first-order valence-electron chi connectivity index (χ1n) is 6.17. The van der Waals surface area contributed by atoms with Crippen LogP contribution in [0.3, 0.4) is 0 Å². The van der Waals surface area contributed by atoms with Gasteiger partial charge in [-0.2, -0.15) is 5.26 Å². The molecule has 1 aliphatic rings. The van der Waals surface area contributed by atoms with E-state index in [2.05, 4.69) is 15.9 Å². The van der Waals surface area contributed by atoms with Crippen LogP contribution in [-0.2, 0) is 4.79 Å². The highest BCUT2D eigenvalue weighted by atomic mass is 79.9. The first-order valence-corrected chi connectivity index (χ1v) is 6.96. The van der Waals surface area contributed by atoms with Crippen molar-refractivity contribution in [1.29, 1.82) is 5.26 Å². The van der Waals surface area contributed by atoms with E-state index in [-0.39, 0.29) is 21.9 Å². The van der Waals surface area contributed by atoms with Gasteiger partial charge >= 0.3 is 0 Å². The Morgan fingerprint density at radius 3 is 2.63 bits per heavy atom. The molecule has 0 unspecified atom stereocenters. The van der Waals surface area contributed by atoms with E-state index < -0.39 is 5.82 Å². The lowest BCUT2D eigenvalue weighted by molar-refractivity contribution is -0.120. The summed E-state index contributed by atoms with van der Waals surface area (Å²) >= 11 is 3.11. The predicted molar refractivity (Wildman–Crippen MR) is 74.5 cm³/mol. The van der Waals surface area contributed by atoms with Gasteiger partial charge in [-0.15, -0.1) is 0 Å². The third-order valence-electron chi connectivity index (χ3n) is 3.62. The molecule has 0 aromatic heterocycles. The number of anilines is 1. The summed E-state index contributed by atoms with van der Waals surface area (Å²) in [6.45, 7) is 0. The molecule has 1 aromatic rings. The van der Waals surface area contributed by atoms with E-state index in [0.717, 1.165) is 12.8 Å². The summed E-state index contributed by atoms with van der Waals surface area (Å²) in [6, 6.07) is 5.33. The van der Waals surface area contributed by atoms with E-state index >= 15 is 0 Å². The molecule has 0 bridgehead atoms. The number of hydrogen-bond acceptors (Lipinski definition) is 3. The molecule has 1 aliphatic carbocycles. The Labute approximate surface area is 120 Å². The zero-order valence-electron chi connectivity index (χ0n) is 10.6. The summed E-state index contributed by atoms with van der Waals surface area (Å²) in [4.78, 5) is 13.1. The maximum atomic E-state index is 14.2. The fourth-order valence-corrected chi connectivity index (χ4v) is 2.83. The SMILES string of the molecule is CN(c1ccc(C#N)c(Br)c1F)C1CCC(=O)CC1. The number of nitriles is 1. The van der Waals surface area contributed by atoms with Gasteiger partial charge in [0.1, 0.15) is 11.9 Å². The van der Waals surface area contributed by atoms with Crippen molar-refractivity contribution < 1.29 is 9.18 Å². The van der Waals surface area contributed by atoms with Crippen LogP contribution >= 0.6 is 15.9 Å². The number of rotatable bonds is 2. The molecule has 0 N–H and O–H groups in total. The van der Waals surface area contributed by atoms with Gasteiger partial charge in [0, 0.05) is 25.9 Å². The molecule has 0 heterocycles. The second kappa shape index (κ2) is 5.70. The lowest BCUT2D eigenvalue weighted by atomic mass is 9.93. The number of carbonyl (C=O) groups excluding carboxylic acids is 1. The second-order valence-corrected chi connectivity index (χ2v) is 5.55. The van der Waals surface area contributed by atoms with E-state index in [1.54, 1.807) is 12.1 Å². The van der Waals surface area contributed by atoms with Gasteiger partial charge in [-0.1, -0.05) is 0 Å². The standard InChI is InChI=1S/C14H14BrFN2O/c1-18(10-3-5-11(19)6-4-10)12-7-2-9(8-17)13(15)14(12)16/h2,7,10H,3-6H2,1H3. The zero-order chi connectivity index (χ0) is 14.0. The largest absolute Gasteiger partial charge is 0.369 e. The summed E-state index contributed by atoms with van der Waals surface area (Å²) in [7, 11) is 1.83. The summed E-state index contributed by atoms with van der Waals surface area (Å²) in [5.41, 5.74) is 0.749. The van der Waals surface area contributed by atoms with E-state index in [1.165, 1.54) is 0 Å². The van der Waals surface area contributed by atoms with Gasteiger partial charge in [0.2, 0.25) is 0 Å². The van der Waals surface area contributed by atoms with E-state index in [1.807, 2.05) is 18.0 Å². The summed E-state index contributed by atoms with van der Waals surface area (Å²) in [5.74, 6) is -0.135. The van der Waals surface area contributed by atoms with Crippen LogP contribution in [0, 0.1) is 17.1 Å². The minimum absolute atomic E-state index is 0.173. The third kappa shape index (κ3) is 2.79. The monoisotopic (exact) mass is 324 g/mol. The first-order chi connectivity index (χ1) is 9.04. The Morgan fingerprint density at radius 1 is 1.42 bits per heavy atom. The number of carbonyl (C=O) groups is 1. The summed E-state index contributed by atoms with van der Waals surface area (Å²) in [5, 5.41) is 8.85. The number of hydrogen-bond donors (Lipinski definition) is 0. The number of halogens is 2. The third-order valence-corrected chi connectivity index (χ3v) is 4.40. The van der Waals surface area contributed by atoms with Gasteiger partial charge in [0.25, 0.3) is 0 Å². The van der Waals surface area contributed by atoms with Crippen molar-refractivity contribution in [3.8, 4) is 6.07 Å². The van der Waals surface area contributed by atoms with Gasteiger partial charge in [-0.05, 0) is 40.9 Å². The lowest BCUT2D eigenvalue weighted by Crippen LogP contribution is -2.35.